The quantitative estimate of drug-likeness (QED) is 0.816. The first-order chi connectivity index (χ1) is 8.94. The average molecular weight is 268 g/mol. The van der Waals surface area contributed by atoms with E-state index in [0.717, 1.165) is 44.7 Å². The van der Waals surface area contributed by atoms with Gasteiger partial charge in [-0.1, -0.05) is 6.92 Å². The van der Waals surface area contributed by atoms with E-state index in [4.69, 9.17) is 0 Å². The van der Waals surface area contributed by atoms with Crippen molar-refractivity contribution in [3.63, 3.8) is 0 Å². The highest BCUT2D eigenvalue weighted by Gasteiger charge is 2.28. The van der Waals surface area contributed by atoms with Gasteiger partial charge in [0.2, 0.25) is 5.91 Å². The summed E-state index contributed by atoms with van der Waals surface area (Å²) in [5, 5.41) is 13.0. The van der Waals surface area contributed by atoms with Crippen molar-refractivity contribution < 1.29 is 9.90 Å². The average Bonchev–Trinajstić information content (AvgIpc) is 2.35. The van der Waals surface area contributed by atoms with E-state index in [0.29, 0.717) is 12.6 Å². The minimum Gasteiger partial charge on any atom is -0.390 e. The first-order valence-corrected chi connectivity index (χ1v) is 7.69. The lowest BCUT2D eigenvalue weighted by Gasteiger charge is -2.35. The van der Waals surface area contributed by atoms with Crippen LogP contribution in [0.4, 0.5) is 0 Å². The second-order valence-corrected chi connectivity index (χ2v) is 6.80. The van der Waals surface area contributed by atoms with Gasteiger partial charge in [0.05, 0.1) is 12.1 Å². The summed E-state index contributed by atoms with van der Waals surface area (Å²) < 4.78 is 0. The Bertz CT molecular complexity index is 299. The van der Waals surface area contributed by atoms with Gasteiger partial charge in [-0.2, -0.15) is 0 Å². The Morgan fingerprint density at radius 2 is 1.84 bits per heavy atom. The molecule has 1 saturated heterocycles. The van der Waals surface area contributed by atoms with Crippen LogP contribution in [0.15, 0.2) is 0 Å². The maximum Gasteiger partial charge on any atom is 0.234 e. The van der Waals surface area contributed by atoms with Gasteiger partial charge in [0, 0.05) is 19.1 Å². The summed E-state index contributed by atoms with van der Waals surface area (Å²) in [6.07, 6.45) is 6.25. The Balaban J connectivity index is 1.67. The highest BCUT2D eigenvalue weighted by atomic mass is 16.3. The molecule has 4 nitrogen and oxygen atoms in total. The third kappa shape index (κ3) is 4.77. The van der Waals surface area contributed by atoms with Crippen LogP contribution in [0.3, 0.4) is 0 Å². The summed E-state index contributed by atoms with van der Waals surface area (Å²) in [4.78, 5) is 14.2. The Morgan fingerprint density at radius 3 is 2.42 bits per heavy atom. The molecule has 0 atom stereocenters. The van der Waals surface area contributed by atoms with E-state index >= 15 is 0 Å². The smallest absolute Gasteiger partial charge is 0.234 e. The van der Waals surface area contributed by atoms with Gasteiger partial charge >= 0.3 is 0 Å². The van der Waals surface area contributed by atoms with Crippen LogP contribution in [0.2, 0.25) is 0 Å². The Labute approximate surface area is 116 Å². The molecule has 0 aromatic carbocycles. The van der Waals surface area contributed by atoms with Crippen LogP contribution in [0, 0.1) is 5.92 Å². The normalized spacial score (nSPS) is 31.9. The monoisotopic (exact) mass is 268 g/mol. The predicted molar refractivity (Wildman–Crippen MR) is 75.9 cm³/mol. The third-order valence-corrected chi connectivity index (χ3v) is 4.68. The molecule has 0 unspecified atom stereocenters. The van der Waals surface area contributed by atoms with Crippen molar-refractivity contribution in [3.8, 4) is 0 Å². The fraction of sp³-hybridized carbons (Fsp3) is 0.933. The van der Waals surface area contributed by atoms with Crippen LogP contribution in [0.25, 0.3) is 0 Å². The third-order valence-electron chi connectivity index (χ3n) is 4.68. The van der Waals surface area contributed by atoms with Gasteiger partial charge in [-0.05, 0) is 51.4 Å². The molecule has 1 aliphatic carbocycles. The summed E-state index contributed by atoms with van der Waals surface area (Å²) in [5.74, 6) is 0.971. The number of carbonyl (C=O) groups excluding carboxylic acids is 1. The minimum absolute atomic E-state index is 0.154. The highest BCUT2D eigenvalue weighted by Crippen LogP contribution is 2.23. The number of likely N-dealkylation sites (tertiary alicyclic amines) is 1. The molecule has 2 fully saturated rings. The van der Waals surface area contributed by atoms with Gasteiger partial charge in [-0.15, -0.1) is 0 Å². The molecule has 0 aromatic rings. The van der Waals surface area contributed by atoms with Crippen LogP contribution in [-0.4, -0.2) is 47.2 Å². The number of aliphatic hydroxyl groups is 1. The molecule has 0 radical (unpaired) electrons. The van der Waals surface area contributed by atoms with E-state index in [1.165, 1.54) is 12.8 Å². The van der Waals surface area contributed by atoms with E-state index in [1.54, 1.807) is 0 Å². The molecule has 1 aliphatic heterocycles. The highest BCUT2D eigenvalue weighted by molar-refractivity contribution is 5.78. The zero-order chi connectivity index (χ0) is 13.9. The van der Waals surface area contributed by atoms with Crippen molar-refractivity contribution in [2.24, 2.45) is 5.92 Å². The van der Waals surface area contributed by atoms with Gasteiger partial charge in [0.1, 0.15) is 0 Å². The van der Waals surface area contributed by atoms with Gasteiger partial charge in [0.25, 0.3) is 0 Å². The molecule has 2 aliphatic rings. The van der Waals surface area contributed by atoms with Crippen molar-refractivity contribution in [2.75, 3.05) is 19.6 Å². The fourth-order valence-corrected chi connectivity index (χ4v) is 3.07. The predicted octanol–water partition coefficient (Wildman–Crippen LogP) is 1.53. The molecule has 1 amide bonds. The molecule has 0 aromatic heterocycles. The van der Waals surface area contributed by atoms with E-state index in [2.05, 4.69) is 17.1 Å². The van der Waals surface area contributed by atoms with Crippen molar-refractivity contribution in [1.29, 1.82) is 0 Å². The molecule has 1 saturated carbocycles. The maximum atomic E-state index is 12.0. The minimum atomic E-state index is -0.535. The molecule has 1 heterocycles. The zero-order valence-corrected chi connectivity index (χ0v) is 12.3. The summed E-state index contributed by atoms with van der Waals surface area (Å²) in [5.41, 5.74) is -0.535. The number of amides is 1. The SMILES string of the molecule is CC1CCC(NC(=O)CN2CCC(C)(O)CC2)CC1. The summed E-state index contributed by atoms with van der Waals surface area (Å²) >= 11 is 0. The van der Waals surface area contributed by atoms with Crippen LogP contribution in [-0.2, 0) is 4.79 Å². The number of hydrogen-bond donors (Lipinski definition) is 2. The lowest BCUT2D eigenvalue weighted by molar-refractivity contribution is -0.124. The Hall–Kier alpha value is -0.610. The van der Waals surface area contributed by atoms with Crippen molar-refractivity contribution >= 4 is 5.91 Å². The molecular formula is C15H28N2O2. The second kappa shape index (κ2) is 6.23. The Morgan fingerprint density at radius 1 is 1.26 bits per heavy atom. The van der Waals surface area contributed by atoms with E-state index in [1.807, 2.05) is 6.92 Å². The van der Waals surface area contributed by atoms with Gasteiger partial charge in [0.15, 0.2) is 0 Å². The number of hydrogen-bond acceptors (Lipinski definition) is 3. The van der Waals surface area contributed by atoms with E-state index in [9.17, 15) is 9.90 Å². The van der Waals surface area contributed by atoms with Gasteiger partial charge in [-0.3, -0.25) is 9.69 Å². The fourth-order valence-electron chi connectivity index (χ4n) is 3.07. The molecule has 2 rings (SSSR count). The molecule has 2 N–H and O–H groups in total. The number of carbonyl (C=O) groups is 1. The largest absolute Gasteiger partial charge is 0.390 e. The van der Waals surface area contributed by atoms with Crippen LogP contribution < -0.4 is 5.32 Å². The zero-order valence-electron chi connectivity index (χ0n) is 12.3. The first-order valence-electron chi connectivity index (χ1n) is 7.69. The van der Waals surface area contributed by atoms with E-state index < -0.39 is 5.60 Å². The summed E-state index contributed by atoms with van der Waals surface area (Å²) in [6.45, 7) is 6.30. The van der Waals surface area contributed by atoms with Crippen molar-refractivity contribution in [3.05, 3.63) is 0 Å². The van der Waals surface area contributed by atoms with Crippen LogP contribution in [0.1, 0.15) is 52.4 Å². The van der Waals surface area contributed by atoms with E-state index in [-0.39, 0.29) is 5.91 Å². The number of piperidine rings is 1. The topological polar surface area (TPSA) is 52.6 Å². The molecule has 19 heavy (non-hydrogen) atoms. The van der Waals surface area contributed by atoms with Gasteiger partial charge < -0.3 is 10.4 Å². The van der Waals surface area contributed by atoms with Crippen molar-refractivity contribution in [2.45, 2.75) is 64.0 Å². The summed E-state index contributed by atoms with van der Waals surface area (Å²) in [7, 11) is 0. The molecule has 0 spiro atoms. The Kier molecular flexibility index (Phi) is 4.85. The number of nitrogens with zero attached hydrogens (tertiary/aromatic N) is 1. The van der Waals surface area contributed by atoms with Gasteiger partial charge in [-0.25, -0.2) is 0 Å². The summed E-state index contributed by atoms with van der Waals surface area (Å²) in [6, 6.07) is 0.386. The molecule has 0 bridgehead atoms. The standard InChI is InChI=1S/C15H28N2O2/c1-12-3-5-13(6-4-12)16-14(18)11-17-9-7-15(2,19)8-10-17/h12-13,19H,3-11H2,1-2H3,(H,16,18). The van der Waals surface area contributed by atoms with Crippen LogP contribution in [0.5, 0.6) is 0 Å². The number of nitrogens with one attached hydrogen (secondary N) is 1. The first kappa shape index (κ1) is 14.8. The van der Waals surface area contributed by atoms with Crippen LogP contribution >= 0.6 is 0 Å². The molecule has 4 heteroatoms. The number of rotatable bonds is 3. The molecule has 110 valence electrons. The van der Waals surface area contributed by atoms with Crippen molar-refractivity contribution in [1.82, 2.24) is 10.2 Å². The lowest BCUT2D eigenvalue weighted by atomic mass is 9.87. The lowest BCUT2D eigenvalue weighted by Crippen LogP contribution is -2.48. The molecular weight excluding hydrogens is 240 g/mol. The maximum absolute atomic E-state index is 12.0. The second-order valence-electron chi connectivity index (χ2n) is 6.80.